The van der Waals surface area contributed by atoms with Crippen LogP contribution in [0.1, 0.15) is 5.56 Å². The molecular weight excluding hydrogens is 222 g/mol. The van der Waals surface area contributed by atoms with E-state index in [4.69, 9.17) is 9.20 Å². The predicted molar refractivity (Wildman–Crippen MR) is 66.1 cm³/mol. The highest BCUT2D eigenvalue weighted by atomic mass is 32.2. The third-order valence-corrected chi connectivity index (χ3v) is 3.33. The topological polar surface area (TPSA) is 62.8 Å². The van der Waals surface area contributed by atoms with E-state index in [0.717, 1.165) is 5.56 Å². The van der Waals surface area contributed by atoms with Gasteiger partial charge in [-0.1, -0.05) is 17.7 Å². The van der Waals surface area contributed by atoms with Gasteiger partial charge in [-0.05, 0) is 31.6 Å². The number of hydrogen-bond acceptors (Lipinski definition) is 4. The smallest absolute Gasteiger partial charge is 0.266 e. The monoisotopic (exact) mass is 237 g/mol. The lowest BCUT2D eigenvalue weighted by atomic mass is 10.1. The van der Waals surface area contributed by atoms with Crippen LogP contribution in [-0.2, 0) is 9.82 Å². The van der Waals surface area contributed by atoms with Gasteiger partial charge < -0.3 is 4.42 Å². The summed E-state index contributed by atoms with van der Waals surface area (Å²) in [7, 11) is -1.97. The highest BCUT2D eigenvalue weighted by Gasteiger charge is 2.12. The van der Waals surface area contributed by atoms with Crippen LogP contribution in [0.3, 0.4) is 0 Å². The van der Waals surface area contributed by atoms with Gasteiger partial charge in [-0.25, -0.2) is 0 Å². The fourth-order valence-corrected chi connectivity index (χ4v) is 1.84. The number of hydrogen-bond donors (Lipinski definition) is 2. The van der Waals surface area contributed by atoms with Crippen LogP contribution < -0.4 is 0 Å². The number of nitrogens with one attached hydrogen (secondary N) is 1. The fourth-order valence-electron chi connectivity index (χ4n) is 1.25. The molecule has 0 saturated carbocycles. The molecule has 0 fully saturated rings. The Bertz CT molecular complexity index is 539. The Morgan fingerprint density at radius 1 is 1.12 bits per heavy atom. The Kier molecular flexibility index (Phi) is 2.63. The molecule has 0 saturated heterocycles. The summed E-state index contributed by atoms with van der Waals surface area (Å²) in [6, 6.07) is 7.89. The zero-order chi connectivity index (χ0) is 11.8. The van der Waals surface area contributed by atoms with E-state index in [1.807, 2.05) is 43.7 Å². The van der Waals surface area contributed by atoms with Crippen molar-refractivity contribution in [3.05, 3.63) is 29.8 Å². The van der Waals surface area contributed by atoms with E-state index in [2.05, 4.69) is 10.2 Å². The first-order valence-electron chi connectivity index (χ1n) is 4.97. The number of rotatable bonds is 2. The van der Waals surface area contributed by atoms with Crippen molar-refractivity contribution in [2.75, 3.05) is 12.5 Å². The molecule has 16 heavy (non-hydrogen) atoms. The highest BCUT2D eigenvalue weighted by Crippen LogP contribution is 2.21. The molecule has 0 aliphatic rings. The molecule has 1 aromatic carbocycles. The van der Waals surface area contributed by atoms with Crippen molar-refractivity contribution >= 4 is 9.82 Å². The van der Waals surface area contributed by atoms with Crippen molar-refractivity contribution in [2.45, 2.75) is 12.1 Å². The van der Waals surface area contributed by atoms with Gasteiger partial charge in [0.05, 0.1) is 0 Å². The Hall–Kier alpha value is -1.49. The van der Waals surface area contributed by atoms with Crippen LogP contribution in [0.4, 0.5) is 0 Å². The van der Waals surface area contributed by atoms with Gasteiger partial charge in [0.15, 0.2) is 0 Å². The van der Waals surface area contributed by atoms with Crippen molar-refractivity contribution in [1.29, 1.82) is 4.78 Å². The average Bonchev–Trinajstić information content (AvgIpc) is 2.67. The Morgan fingerprint density at radius 2 is 1.75 bits per heavy atom. The number of aromatic nitrogens is 2. The van der Waals surface area contributed by atoms with Gasteiger partial charge in [0.25, 0.3) is 5.22 Å². The van der Waals surface area contributed by atoms with Crippen LogP contribution in [0.2, 0.25) is 0 Å². The van der Waals surface area contributed by atoms with Crippen LogP contribution in [0.25, 0.3) is 11.5 Å². The molecule has 0 amide bonds. The first kappa shape index (κ1) is 11.0. The Morgan fingerprint density at radius 3 is 2.25 bits per heavy atom. The maximum absolute atomic E-state index is 7.90. The summed E-state index contributed by atoms with van der Waals surface area (Å²) >= 11 is 0. The minimum atomic E-state index is -1.97. The number of nitrogens with zero attached hydrogens (tertiary/aromatic N) is 2. The fraction of sp³-hybridized carbons (Fsp3) is 0.273. The lowest BCUT2D eigenvalue weighted by Crippen LogP contribution is -2.04. The summed E-state index contributed by atoms with van der Waals surface area (Å²) in [5.74, 6) is 0.496. The standard InChI is InChI=1S/C11H15N3OS/c1-8-4-6-9(7-5-8)10-13-14-11(15-10)16(2,3)12/h4-7,12,16H,1-3H3. The third-order valence-electron chi connectivity index (χ3n) is 2.19. The summed E-state index contributed by atoms with van der Waals surface area (Å²) in [6.07, 6.45) is 3.67. The number of thiol groups is 1. The normalized spacial score (nSPS) is 12.7. The van der Waals surface area contributed by atoms with E-state index >= 15 is 0 Å². The molecule has 0 unspecified atom stereocenters. The van der Waals surface area contributed by atoms with Crippen molar-refractivity contribution in [1.82, 2.24) is 10.2 Å². The average molecular weight is 237 g/mol. The maximum Gasteiger partial charge on any atom is 0.266 e. The molecule has 2 aromatic rings. The molecule has 0 radical (unpaired) electrons. The summed E-state index contributed by atoms with van der Waals surface area (Å²) in [5.41, 5.74) is 2.09. The molecule has 1 N–H and O–H groups in total. The summed E-state index contributed by atoms with van der Waals surface area (Å²) in [6.45, 7) is 2.03. The molecule has 0 bridgehead atoms. The van der Waals surface area contributed by atoms with Crippen molar-refractivity contribution in [3.8, 4) is 11.5 Å². The molecule has 0 aliphatic heterocycles. The SMILES string of the molecule is Cc1ccc(-c2nnc([SH](C)(C)=N)o2)cc1. The molecular formula is C11H15N3OS. The lowest BCUT2D eigenvalue weighted by molar-refractivity contribution is 0.461. The van der Waals surface area contributed by atoms with Crippen molar-refractivity contribution in [2.24, 2.45) is 0 Å². The summed E-state index contributed by atoms with van der Waals surface area (Å²) < 4.78 is 13.4. The highest BCUT2D eigenvalue weighted by molar-refractivity contribution is 8.02. The van der Waals surface area contributed by atoms with Crippen LogP contribution in [0.5, 0.6) is 0 Å². The quantitative estimate of drug-likeness (QED) is 0.788. The van der Waals surface area contributed by atoms with Gasteiger partial charge >= 0.3 is 0 Å². The first-order chi connectivity index (χ1) is 7.47. The van der Waals surface area contributed by atoms with Gasteiger partial charge in [0.1, 0.15) is 0 Å². The van der Waals surface area contributed by atoms with Crippen LogP contribution in [-0.4, -0.2) is 22.7 Å². The molecule has 4 nitrogen and oxygen atoms in total. The van der Waals surface area contributed by atoms with Crippen molar-refractivity contribution in [3.63, 3.8) is 0 Å². The Balaban J connectivity index is 2.39. The van der Waals surface area contributed by atoms with Gasteiger partial charge in [-0.2, -0.15) is 0 Å². The van der Waals surface area contributed by atoms with E-state index in [9.17, 15) is 0 Å². The van der Waals surface area contributed by atoms with Gasteiger partial charge in [-0.3, -0.25) is 4.78 Å². The van der Waals surface area contributed by atoms with Crippen molar-refractivity contribution < 1.29 is 4.42 Å². The molecule has 86 valence electrons. The van der Waals surface area contributed by atoms with Crippen LogP contribution in [0.15, 0.2) is 33.9 Å². The molecule has 2 rings (SSSR count). The summed E-state index contributed by atoms with van der Waals surface area (Å²) in [5, 5.41) is 8.35. The molecule has 0 spiro atoms. The van der Waals surface area contributed by atoms with Crippen LogP contribution in [0, 0.1) is 11.7 Å². The largest absolute Gasteiger partial charge is 0.412 e. The second kappa shape index (κ2) is 3.83. The van der Waals surface area contributed by atoms with E-state index in [0.29, 0.717) is 11.1 Å². The number of aryl methyl sites for hydroxylation is 1. The Labute approximate surface area is 95.6 Å². The maximum atomic E-state index is 7.90. The van der Waals surface area contributed by atoms with E-state index in [-0.39, 0.29) is 0 Å². The van der Waals surface area contributed by atoms with Crippen LogP contribution >= 0.6 is 0 Å². The van der Waals surface area contributed by atoms with Gasteiger partial charge in [0.2, 0.25) is 5.89 Å². The first-order valence-corrected chi connectivity index (χ1v) is 7.65. The zero-order valence-corrected chi connectivity index (χ0v) is 10.5. The van der Waals surface area contributed by atoms with Gasteiger partial charge in [-0.15, -0.1) is 20.0 Å². The molecule has 0 aliphatic carbocycles. The predicted octanol–water partition coefficient (Wildman–Crippen LogP) is 2.31. The zero-order valence-electron chi connectivity index (χ0n) is 9.56. The molecule has 1 aromatic heterocycles. The van der Waals surface area contributed by atoms with E-state index in [1.165, 1.54) is 5.56 Å². The molecule has 0 atom stereocenters. The summed E-state index contributed by atoms with van der Waals surface area (Å²) in [4.78, 5) is 0. The number of benzene rings is 1. The lowest BCUT2D eigenvalue weighted by Gasteiger charge is -2.07. The minimum Gasteiger partial charge on any atom is -0.412 e. The third kappa shape index (κ3) is 2.19. The second-order valence-electron chi connectivity index (χ2n) is 4.21. The van der Waals surface area contributed by atoms with Gasteiger partial charge in [0, 0.05) is 5.56 Å². The minimum absolute atomic E-state index is 0.447. The van der Waals surface area contributed by atoms with E-state index in [1.54, 1.807) is 0 Å². The second-order valence-corrected chi connectivity index (χ2v) is 7.50. The molecule has 1 heterocycles. The van der Waals surface area contributed by atoms with E-state index < -0.39 is 9.82 Å². The molecule has 5 heteroatoms.